The van der Waals surface area contributed by atoms with Gasteiger partial charge in [-0.25, -0.2) is 4.98 Å². The molecule has 0 radical (unpaired) electrons. The number of rotatable bonds is 6. The second-order valence-corrected chi connectivity index (χ2v) is 6.74. The summed E-state index contributed by atoms with van der Waals surface area (Å²) in [7, 11) is 1.77. The lowest BCUT2D eigenvalue weighted by Gasteiger charge is -2.32. The van der Waals surface area contributed by atoms with E-state index in [1.54, 1.807) is 18.4 Å². The van der Waals surface area contributed by atoms with E-state index in [1.807, 2.05) is 0 Å². The number of hydrogen-bond acceptors (Lipinski definition) is 5. The number of piperidine rings is 1. The molecule has 1 aromatic heterocycles. The average molecular weight is 298 g/mol. The third-order valence-electron chi connectivity index (χ3n) is 4.13. The molecule has 1 N–H and O–H groups in total. The van der Waals surface area contributed by atoms with Crippen LogP contribution in [0.4, 0.5) is 5.13 Å². The lowest BCUT2D eigenvalue weighted by molar-refractivity contribution is 0.143. The molecule has 20 heavy (non-hydrogen) atoms. The molecule has 1 aliphatic heterocycles. The summed E-state index contributed by atoms with van der Waals surface area (Å²) in [5.74, 6) is 1.02. The van der Waals surface area contributed by atoms with Crippen LogP contribution in [0.5, 0.6) is 0 Å². The number of ether oxygens (including phenoxy) is 1. The first kappa shape index (κ1) is 15.7. The van der Waals surface area contributed by atoms with Crippen molar-refractivity contribution in [1.82, 2.24) is 4.98 Å². The Labute approximate surface area is 125 Å². The Balaban J connectivity index is 2.13. The highest BCUT2D eigenvalue weighted by molar-refractivity contribution is 7.15. The van der Waals surface area contributed by atoms with E-state index in [9.17, 15) is 5.11 Å². The summed E-state index contributed by atoms with van der Waals surface area (Å²) in [4.78, 5) is 8.21. The predicted octanol–water partition coefficient (Wildman–Crippen LogP) is 3.01. The summed E-state index contributed by atoms with van der Waals surface area (Å²) >= 11 is 1.65. The first-order valence-electron chi connectivity index (χ1n) is 7.53. The number of aliphatic hydroxyl groups is 1. The van der Waals surface area contributed by atoms with E-state index in [-0.39, 0.29) is 6.61 Å². The van der Waals surface area contributed by atoms with Gasteiger partial charge in [-0.2, -0.15) is 0 Å². The van der Waals surface area contributed by atoms with Crippen molar-refractivity contribution in [2.24, 2.45) is 5.92 Å². The zero-order chi connectivity index (χ0) is 14.5. The van der Waals surface area contributed by atoms with Crippen molar-refractivity contribution in [3.8, 4) is 0 Å². The molecule has 5 heteroatoms. The molecule has 0 bridgehead atoms. The molecule has 1 aliphatic rings. The molecule has 2 atom stereocenters. The van der Waals surface area contributed by atoms with Gasteiger partial charge in [-0.05, 0) is 31.1 Å². The van der Waals surface area contributed by atoms with E-state index in [4.69, 9.17) is 9.72 Å². The van der Waals surface area contributed by atoms with Gasteiger partial charge in [0.2, 0.25) is 0 Å². The molecule has 4 nitrogen and oxygen atoms in total. The maximum atomic E-state index is 9.54. The third kappa shape index (κ3) is 3.51. The topological polar surface area (TPSA) is 45.6 Å². The maximum Gasteiger partial charge on any atom is 0.185 e. The van der Waals surface area contributed by atoms with Gasteiger partial charge in [-0.1, -0.05) is 25.2 Å². The van der Waals surface area contributed by atoms with Gasteiger partial charge in [-0.15, -0.1) is 0 Å². The number of anilines is 1. The van der Waals surface area contributed by atoms with Crippen LogP contribution < -0.4 is 4.90 Å². The zero-order valence-corrected chi connectivity index (χ0v) is 13.6. The molecule has 0 amide bonds. The zero-order valence-electron chi connectivity index (χ0n) is 12.8. The van der Waals surface area contributed by atoms with E-state index in [0.717, 1.165) is 41.8 Å². The fraction of sp³-hybridized carbons (Fsp3) is 0.800. The van der Waals surface area contributed by atoms with Crippen LogP contribution in [0.25, 0.3) is 0 Å². The monoisotopic (exact) mass is 298 g/mol. The minimum Gasteiger partial charge on any atom is -0.391 e. The third-order valence-corrected chi connectivity index (χ3v) is 5.25. The summed E-state index contributed by atoms with van der Waals surface area (Å²) in [6.45, 7) is 7.37. The van der Waals surface area contributed by atoms with Crippen molar-refractivity contribution < 1.29 is 9.84 Å². The van der Waals surface area contributed by atoms with Gasteiger partial charge in [0.1, 0.15) is 0 Å². The second-order valence-electron chi connectivity index (χ2n) is 5.68. The summed E-state index contributed by atoms with van der Waals surface area (Å²) in [6.07, 6.45) is 3.49. The minimum absolute atomic E-state index is 0.104. The van der Waals surface area contributed by atoms with Crippen LogP contribution in [0.3, 0.4) is 0 Å². The predicted molar refractivity (Wildman–Crippen MR) is 83.6 cm³/mol. The summed E-state index contributed by atoms with van der Waals surface area (Å²) in [5, 5.41) is 10.6. The Morgan fingerprint density at radius 1 is 1.55 bits per heavy atom. The Bertz CT molecular complexity index is 420. The fourth-order valence-corrected chi connectivity index (χ4v) is 3.86. The molecule has 0 aromatic carbocycles. The van der Waals surface area contributed by atoms with E-state index >= 15 is 0 Å². The van der Waals surface area contributed by atoms with Gasteiger partial charge in [0.05, 0.1) is 23.8 Å². The Kier molecular flexibility index (Phi) is 5.81. The molecule has 2 heterocycles. The molecule has 1 fully saturated rings. The molecular weight excluding hydrogens is 272 g/mol. The largest absolute Gasteiger partial charge is 0.391 e. The van der Waals surface area contributed by atoms with E-state index in [2.05, 4.69) is 18.7 Å². The Hall–Kier alpha value is -0.650. The molecular formula is C15H26N2O2S. The highest BCUT2D eigenvalue weighted by Gasteiger charge is 2.24. The lowest BCUT2D eigenvalue weighted by atomic mass is 9.99. The number of hydrogen-bond donors (Lipinski definition) is 1. The van der Waals surface area contributed by atoms with Crippen LogP contribution in [0.1, 0.15) is 49.6 Å². The summed E-state index contributed by atoms with van der Waals surface area (Å²) in [5.41, 5.74) is 1.09. The molecule has 0 spiro atoms. The smallest absolute Gasteiger partial charge is 0.185 e. The number of methoxy groups -OCH3 is 1. The van der Waals surface area contributed by atoms with Crippen LogP contribution >= 0.6 is 11.3 Å². The second kappa shape index (κ2) is 7.38. The maximum absolute atomic E-state index is 9.54. The first-order valence-corrected chi connectivity index (χ1v) is 8.35. The number of aromatic nitrogens is 1. The van der Waals surface area contributed by atoms with Crippen LogP contribution in [0.15, 0.2) is 0 Å². The SMILES string of the molecule is CCC(C)c1nc(N2CCCC(COC)C2)sc1CO. The molecule has 1 saturated heterocycles. The van der Waals surface area contributed by atoms with E-state index in [1.165, 1.54) is 12.8 Å². The lowest BCUT2D eigenvalue weighted by Crippen LogP contribution is -2.37. The summed E-state index contributed by atoms with van der Waals surface area (Å²) < 4.78 is 5.29. The highest BCUT2D eigenvalue weighted by Crippen LogP contribution is 2.34. The van der Waals surface area contributed by atoms with Gasteiger partial charge in [-0.3, -0.25) is 0 Å². The molecule has 2 unspecified atom stereocenters. The minimum atomic E-state index is 0.104. The Morgan fingerprint density at radius 3 is 3.00 bits per heavy atom. The molecule has 0 saturated carbocycles. The van der Waals surface area contributed by atoms with Crippen molar-refractivity contribution in [2.45, 2.75) is 45.6 Å². The first-order chi connectivity index (χ1) is 9.69. The van der Waals surface area contributed by atoms with Gasteiger partial charge in [0.25, 0.3) is 0 Å². The number of nitrogens with zero attached hydrogens (tertiary/aromatic N) is 2. The van der Waals surface area contributed by atoms with Crippen molar-refractivity contribution >= 4 is 16.5 Å². The quantitative estimate of drug-likeness (QED) is 0.877. The average Bonchev–Trinajstić information content (AvgIpc) is 2.91. The summed E-state index contributed by atoms with van der Waals surface area (Å²) in [6, 6.07) is 0. The molecule has 114 valence electrons. The van der Waals surface area contributed by atoms with Crippen molar-refractivity contribution in [3.63, 3.8) is 0 Å². The van der Waals surface area contributed by atoms with E-state index in [0.29, 0.717) is 11.8 Å². The van der Waals surface area contributed by atoms with Crippen LogP contribution in [-0.2, 0) is 11.3 Å². The van der Waals surface area contributed by atoms with Crippen molar-refractivity contribution in [3.05, 3.63) is 10.6 Å². The van der Waals surface area contributed by atoms with Crippen LogP contribution in [0, 0.1) is 5.92 Å². The number of thiazole rings is 1. The van der Waals surface area contributed by atoms with Crippen LogP contribution in [0.2, 0.25) is 0 Å². The molecule has 1 aromatic rings. The van der Waals surface area contributed by atoms with Crippen molar-refractivity contribution in [1.29, 1.82) is 0 Å². The normalized spacial score (nSPS) is 21.2. The highest BCUT2D eigenvalue weighted by atomic mass is 32.1. The van der Waals surface area contributed by atoms with Gasteiger partial charge in [0, 0.05) is 20.2 Å². The molecule has 2 rings (SSSR count). The molecule has 0 aliphatic carbocycles. The van der Waals surface area contributed by atoms with Crippen molar-refractivity contribution in [2.75, 3.05) is 31.7 Å². The van der Waals surface area contributed by atoms with Gasteiger partial charge in [0.15, 0.2) is 5.13 Å². The van der Waals surface area contributed by atoms with E-state index < -0.39 is 0 Å². The van der Waals surface area contributed by atoms with Gasteiger partial charge < -0.3 is 14.7 Å². The number of aliphatic hydroxyl groups excluding tert-OH is 1. The van der Waals surface area contributed by atoms with Gasteiger partial charge >= 0.3 is 0 Å². The standard InChI is InChI=1S/C15H26N2O2S/c1-4-11(2)14-13(9-18)20-15(16-14)17-7-5-6-12(8-17)10-19-3/h11-12,18H,4-10H2,1-3H3. The van der Waals surface area contributed by atoms with Crippen LogP contribution in [-0.4, -0.2) is 36.9 Å². The Morgan fingerprint density at radius 2 is 2.35 bits per heavy atom. The fourth-order valence-electron chi connectivity index (χ4n) is 2.79.